The summed E-state index contributed by atoms with van der Waals surface area (Å²) in [6.45, 7) is 1.95. The molecule has 10 heavy (non-hydrogen) atoms. The van der Waals surface area contributed by atoms with Gasteiger partial charge in [0.2, 0.25) is 0 Å². The number of rotatable bonds is 2. The molecule has 0 aliphatic heterocycles. The fraction of sp³-hybridized carbons (Fsp3) is 0.429. The highest BCUT2D eigenvalue weighted by molar-refractivity contribution is 9.10. The molecule has 0 aromatic carbocycles. The van der Waals surface area contributed by atoms with Crippen molar-refractivity contribution in [2.24, 2.45) is 5.73 Å². The third-order valence-electron chi connectivity index (χ3n) is 1.15. The van der Waals surface area contributed by atoms with Crippen molar-refractivity contribution < 1.29 is 4.42 Å². The molecule has 1 rings (SSSR count). The van der Waals surface area contributed by atoms with Gasteiger partial charge in [0.05, 0.1) is 0 Å². The fourth-order valence-electron chi connectivity index (χ4n) is 0.779. The van der Waals surface area contributed by atoms with Gasteiger partial charge in [-0.25, -0.2) is 0 Å². The van der Waals surface area contributed by atoms with Crippen LogP contribution in [0.25, 0.3) is 0 Å². The molecule has 2 nitrogen and oxygen atoms in total. The van der Waals surface area contributed by atoms with Gasteiger partial charge in [-0.3, -0.25) is 0 Å². The number of nitrogens with two attached hydrogens (primary N) is 1. The smallest absolute Gasteiger partial charge is 0.169 e. The number of hydrogen-bond donors (Lipinski definition) is 1. The summed E-state index contributed by atoms with van der Waals surface area (Å²) in [7, 11) is 0. The van der Waals surface area contributed by atoms with Crippen molar-refractivity contribution in [1.82, 2.24) is 0 Å². The van der Waals surface area contributed by atoms with Crippen molar-refractivity contribution in [2.75, 3.05) is 0 Å². The number of hydrogen-bond acceptors (Lipinski definition) is 2. The van der Waals surface area contributed by atoms with E-state index in [1.165, 1.54) is 0 Å². The van der Waals surface area contributed by atoms with Gasteiger partial charge in [0.25, 0.3) is 0 Å². The second-order valence-electron chi connectivity index (χ2n) is 2.39. The highest BCUT2D eigenvalue weighted by atomic mass is 79.9. The molecule has 56 valence electrons. The maximum Gasteiger partial charge on any atom is 0.169 e. The molecular formula is C7H10BrNO. The van der Waals surface area contributed by atoms with Gasteiger partial charge < -0.3 is 10.2 Å². The first kappa shape index (κ1) is 7.82. The predicted octanol–water partition coefficient (Wildman–Crippen LogP) is 1.93. The van der Waals surface area contributed by atoms with Crippen molar-refractivity contribution >= 4 is 15.9 Å². The molecule has 0 amide bonds. The van der Waals surface area contributed by atoms with Gasteiger partial charge in [-0.1, -0.05) is 0 Å². The van der Waals surface area contributed by atoms with Gasteiger partial charge in [-0.2, -0.15) is 0 Å². The average molecular weight is 204 g/mol. The first-order valence-electron chi connectivity index (χ1n) is 3.18. The molecule has 0 saturated heterocycles. The molecule has 0 aliphatic rings. The molecule has 0 spiro atoms. The van der Waals surface area contributed by atoms with E-state index in [9.17, 15) is 0 Å². The van der Waals surface area contributed by atoms with Crippen molar-refractivity contribution in [3.05, 3.63) is 22.6 Å². The summed E-state index contributed by atoms with van der Waals surface area (Å²) in [5.41, 5.74) is 5.56. The summed E-state index contributed by atoms with van der Waals surface area (Å²) >= 11 is 3.21. The molecule has 2 N–H and O–H groups in total. The van der Waals surface area contributed by atoms with Crippen LogP contribution in [0.5, 0.6) is 0 Å². The normalized spacial score (nSPS) is 13.5. The Morgan fingerprint density at radius 3 is 2.80 bits per heavy atom. The van der Waals surface area contributed by atoms with Gasteiger partial charge in [-0.15, -0.1) is 0 Å². The van der Waals surface area contributed by atoms with Crippen molar-refractivity contribution in [3.8, 4) is 0 Å². The quantitative estimate of drug-likeness (QED) is 0.799. The molecule has 3 heteroatoms. The van der Waals surface area contributed by atoms with Crippen molar-refractivity contribution in [3.63, 3.8) is 0 Å². The summed E-state index contributed by atoms with van der Waals surface area (Å²) < 4.78 is 6.00. The van der Waals surface area contributed by atoms with Crippen LogP contribution >= 0.6 is 15.9 Å². The largest absolute Gasteiger partial charge is 0.454 e. The summed E-state index contributed by atoms with van der Waals surface area (Å²) in [5.74, 6) is 0.932. The van der Waals surface area contributed by atoms with Crippen LogP contribution in [-0.4, -0.2) is 6.04 Å². The lowest BCUT2D eigenvalue weighted by Gasteiger charge is -1.98. The molecular weight excluding hydrogens is 194 g/mol. The van der Waals surface area contributed by atoms with E-state index in [0.29, 0.717) is 0 Å². The molecule has 1 atom stereocenters. The summed E-state index contributed by atoms with van der Waals surface area (Å²) in [4.78, 5) is 0. The lowest BCUT2D eigenvalue weighted by Crippen LogP contribution is -2.17. The third-order valence-corrected chi connectivity index (χ3v) is 1.58. The zero-order valence-corrected chi connectivity index (χ0v) is 7.39. The van der Waals surface area contributed by atoms with E-state index in [1.54, 1.807) is 0 Å². The predicted molar refractivity (Wildman–Crippen MR) is 43.8 cm³/mol. The second-order valence-corrected chi connectivity index (χ2v) is 3.17. The van der Waals surface area contributed by atoms with Crippen molar-refractivity contribution in [1.29, 1.82) is 0 Å². The Balaban J connectivity index is 2.58. The first-order chi connectivity index (χ1) is 4.68. The third kappa shape index (κ3) is 2.15. The monoisotopic (exact) mass is 203 g/mol. The number of halogens is 1. The Hall–Kier alpha value is -0.280. The summed E-state index contributed by atoms with van der Waals surface area (Å²) in [6.07, 6.45) is 0.797. The first-order valence-corrected chi connectivity index (χ1v) is 3.97. The van der Waals surface area contributed by atoms with E-state index in [1.807, 2.05) is 19.1 Å². The van der Waals surface area contributed by atoms with Crippen LogP contribution in [0.3, 0.4) is 0 Å². The van der Waals surface area contributed by atoms with E-state index in [2.05, 4.69) is 15.9 Å². The maximum atomic E-state index is 5.56. The topological polar surface area (TPSA) is 39.2 Å². The zero-order chi connectivity index (χ0) is 7.56. The van der Waals surface area contributed by atoms with Gasteiger partial charge in [-0.05, 0) is 35.0 Å². The molecule has 0 aliphatic carbocycles. The Morgan fingerprint density at radius 2 is 2.40 bits per heavy atom. The van der Waals surface area contributed by atoms with E-state index >= 15 is 0 Å². The SMILES string of the molecule is C[C@@H](N)Cc1ccc(Br)o1. The molecule has 1 aromatic heterocycles. The van der Waals surface area contributed by atoms with Crippen LogP contribution < -0.4 is 5.73 Å². The minimum absolute atomic E-state index is 0.165. The van der Waals surface area contributed by atoms with Gasteiger partial charge >= 0.3 is 0 Å². The molecule has 0 radical (unpaired) electrons. The van der Waals surface area contributed by atoms with Gasteiger partial charge in [0.1, 0.15) is 5.76 Å². The molecule has 1 aromatic rings. The van der Waals surface area contributed by atoms with E-state index in [-0.39, 0.29) is 6.04 Å². The molecule has 0 saturated carbocycles. The van der Waals surface area contributed by atoms with Crippen LogP contribution in [0.15, 0.2) is 21.2 Å². The Kier molecular flexibility index (Phi) is 2.51. The van der Waals surface area contributed by atoms with Crippen molar-refractivity contribution in [2.45, 2.75) is 19.4 Å². The van der Waals surface area contributed by atoms with E-state index in [0.717, 1.165) is 16.9 Å². The Bertz CT molecular complexity index is 207. The Labute approximate surface area is 68.5 Å². The minimum Gasteiger partial charge on any atom is -0.454 e. The molecule has 0 fully saturated rings. The highest BCUT2D eigenvalue weighted by Crippen LogP contribution is 2.14. The standard InChI is InChI=1S/C7H10BrNO/c1-5(9)4-6-2-3-7(8)10-6/h2-3,5H,4,9H2,1H3/t5-/m1/s1. The van der Waals surface area contributed by atoms with Crippen LogP contribution in [0.4, 0.5) is 0 Å². The average Bonchev–Trinajstić information content (AvgIpc) is 2.13. The molecule has 1 heterocycles. The van der Waals surface area contributed by atoms with Crippen LogP contribution in [0.1, 0.15) is 12.7 Å². The van der Waals surface area contributed by atoms with Gasteiger partial charge in [0, 0.05) is 12.5 Å². The minimum atomic E-state index is 0.165. The van der Waals surface area contributed by atoms with E-state index < -0.39 is 0 Å². The summed E-state index contributed by atoms with van der Waals surface area (Å²) in [5, 5.41) is 0. The van der Waals surface area contributed by atoms with Gasteiger partial charge in [0.15, 0.2) is 4.67 Å². The highest BCUT2D eigenvalue weighted by Gasteiger charge is 2.01. The molecule has 0 bridgehead atoms. The second kappa shape index (κ2) is 3.21. The lowest BCUT2D eigenvalue weighted by molar-refractivity contribution is 0.473. The lowest BCUT2D eigenvalue weighted by atomic mass is 10.2. The molecule has 0 unspecified atom stereocenters. The maximum absolute atomic E-state index is 5.56. The summed E-state index contributed by atoms with van der Waals surface area (Å²) in [6, 6.07) is 3.96. The Morgan fingerprint density at radius 1 is 1.70 bits per heavy atom. The zero-order valence-electron chi connectivity index (χ0n) is 5.80. The van der Waals surface area contributed by atoms with E-state index in [4.69, 9.17) is 10.2 Å². The fourth-order valence-corrected chi connectivity index (χ4v) is 1.12. The van der Waals surface area contributed by atoms with Crippen LogP contribution in [-0.2, 0) is 6.42 Å². The van der Waals surface area contributed by atoms with Crippen LogP contribution in [0.2, 0.25) is 0 Å². The number of furan rings is 1. The van der Waals surface area contributed by atoms with Crippen LogP contribution in [0, 0.1) is 0 Å².